The van der Waals surface area contributed by atoms with Gasteiger partial charge in [-0.1, -0.05) is 27.5 Å². The summed E-state index contributed by atoms with van der Waals surface area (Å²) in [6.45, 7) is 2.49. The predicted octanol–water partition coefficient (Wildman–Crippen LogP) is 5.49. The number of carbonyl (C=O) groups is 1. The Balaban J connectivity index is 2.38. The van der Waals surface area contributed by atoms with Crippen molar-refractivity contribution >= 4 is 49.2 Å². The van der Waals surface area contributed by atoms with Crippen LogP contribution in [0.2, 0.25) is 5.02 Å². The molecule has 0 N–H and O–H groups in total. The molecule has 0 fully saturated rings. The van der Waals surface area contributed by atoms with Crippen molar-refractivity contribution in [2.75, 3.05) is 6.61 Å². The highest BCUT2D eigenvalue weighted by atomic mass is 79.9. The molecule has 0 aliphatic rings. The van der Waals surface area contributed by atoms with Gasteiger partial charge in [-0.2, -0.15) is 0 Å². The molecule has 0 aliphatic heterocycles. The van der Waals surface area contributed by atoms with Crippen LogP contribution >= 0.6 is 43.5 Å². The number of rotatable bonds is 4. The molecule has 0 atom stereocenters. The number of ether oxygens (including phenoxy) is 1. The molecule has 2 aromatic rings. The van der Waals surface area contributed by atoms with Crippen LogP contribution in [0.5, 0.6) is 5.75 Å². The Bertz CT molecular complexity index is 656. The number of ketones is 1. The highest BCUT2D eigenvalue weighted by Crippen LogP contribution is 2.29. The molecule has 20 heavy (non-hydrogen) atoms. The van der Waals surface area contributed by atoms with Crippen molar-refractivity contribution in [1.82, 2.24) is 0 Å². The summed E-state index contributed by atoms with van der Waals surface area (Å²) in [4.78, 5) is 12.5. The largest absolute Gasteiger partial charge is 0.493 e. The molecule has 2 aromatic carbocycles. The Kier molecular flexibility index (Phi) is 5.24. The van der Waals surface area contributed by atoms with E-state index < -0.39 is 0 Å². The summed E-state index contributed by atoms with van der Waals surface area (Å²) in [5.74, 6) is 0.623. The summed E-state index contributed by atoms with van der Waals surface area (Å²) in [7, 11) is 0. The number of benzene rings is 2. The van der Waals surface area contributed by atoms with Crippen molar-refractivity contribution < 1.29 is 9.53 Å². The maximum atomic E-state index is 12.5. The third-order valence-electron chi connectivity index (χ3n) is 2.67. The maximum Gasteiger partial charge on any atom is 0.194 e. The average molecular weight is 419 g/mol. The Morgan fingerprint density at radius 1 is 1.15 bits per heavy atom. The van der Waals surface area contributed by atoms with E-state index >= 15 is 0 Å². The molecule has 0 saturated heterocycles. The Morgan fingerprint density at radius 3 is 2.55 bits per heavy atom. The fourth-order valence-electron chi connectivity index (χ4n) is 1.74. The van der Waals surface area contributed by atoms with Crippen molar-refractivity contribution in [3.63, 3.8) is 0 Å². The minimum absolute atomic E-state index is 0.0943. The molecule has 104 valence electrons. The molecule has 2 rings (SSSR count). The first kappa shape index (κ1) is 15.5. The van der Waals surface area contributed by atoms with Gasteiger partial charge in [-0.15, -0.1) is 0 Å². The summed E-state index contributed by atoms with van der Waals surface area (Å²) in [6, 6.07) is 10.4. The van der Waals surface area contributed by atoms with Crippen molar-refractivity contribution in [1.29, 1.82) is 0 Å². The van der Waals surface area contributed by atoms with Crippen LogP contribution in [-0.4, -0.2) is 12.4 Å². The highest BCUT2D eigenvalue weighted by molar-refractivity contribution is 9.10. The first-order chi connectivity index (χ1) is 9.52. The molecule has 2 nitrogen and oxygen atoms in total. The average Bonchev–Trinajstić information content (AvgIpc) is 2.43. The molecule has 0 aromatic heterocycles. The molecule has 0 saturated carbocycles. The third kappa shape index (κ3) is 3.43. The topological polar surface area (TPSA) is 26.3 Å². The van der Waals surface area contributed by atoms with Gasteiger partial charge in [-0.3, -0.25) is 4.79 Å². The number of hydrogen-bond acceptors (Lipinski definition) is 2. The van der Waals surface area contributed by atoms with E-state index in [2.05, 4.69) is 31.9 Å². The minimum atomic E-state index is -0.0943. The molecular formula is C15H11Br2ClO2. The van der Waals surface area contributed by atoms with Crippen LogP contribution in [0.1, 0.15) is 22.8 Å². The van der Waals surface area contributed by atoms with Crippen molar-refractivity contribution in [2.45, 2.75) is 6.92 Å². The van der Waals surface area contributed by atoms with Gasteiger partial charge < -0.3 is 4.74 Å². The number of halogens is 3. The van der Waals surface area contributed by atoms with Crippen LogP contribution in [0.4, 0.5) is 0 Å². The van der Waals surface area contributed by atoms with E-state index in [1.54, 1.807) is 36.4 Å². The Hall–Kier alpha value is -0.840. The summed E-state index contributed by atoms with van der Waals surface area (Å²) >= 11 is 12.7. The Morgan fingerprint density at radius 2 is 1.90 bits per heavy atom. The van der Waals surface area contributed by atoms with E-state index in [1.165, 1.54) is 0 Å². The second-order valence-electron chi connectivity index (χ2n) is 4.03. The molecule has 0 heterocycles. The van der Waals surface area contributed by atoms with Crippen molar-refractivity contribution in [3.8, 4) is 5.75 Å². The van der Waals surface area contributed by atoms with E-state index in [0.717, 1.165) is 8.95 Å². The lowest BCUT2D eigenvalue weighted by Gasteiger charge is -2.08. The zero-order valence-electron chi connectivity index (χ0n) is 10.6. The van der Waals surface area contributed by atoms with Crippen LogP contribution in [0.15, 0.2) is 45.3 Å². The van der Waals surface area contributed by atoms with Crippen LogP contribution in [-0.2, 0) is 0 Å². The van der Waals surface area contributed by atoms with Crippen LogP contribution < -0.4 is 4.74 Å². The monoisotopic (exact) mass is 416 g/mol. The van der Waals surface area contributed by atoms with Crippen molar-refractivity contribution in [2.24, 2.45) is 0 Å². The highest BCUT2D eigenvalue weighted by Gasteiger charge is 2.14. The van der Waals surface area contributed by atoms with E-state index in [-0.39, 0.29) is 5.78 Å². The fourth-order valence-corrected chi connectivity index (χ4v) is 2.83. The van der Waals surface area contributed by atoms with Crippen molar-refractivity contribution in [3.05, 3.63) is 61.5 Å². The van der Waals surface area contributed by atoms with Gasteiger partial charge in [0, 0.05) is 20.6 Å². The predicted molar refractivity (Wildman–Crippen MR) is 87.9 cm³/mol. The molecule has 0 spiro atoms. The van der Waals surface area contributed by atoms with Crippen LogP contribution in [0.3, 0.4) is 0 Å². The van der Waals surface area contributed by atoms with Gasteiger partial charge in [0.25, 0.3) is 0 Å². The molecule has 0 radical (unpaired) electrons. The molecule has 0 aliphatic carbocycles. The van der Waals surface area contributed by atoms with Crippen LogP contribution in [0.25, 0.3) is 0 Å². The van der Waals surface area contributed by atoms with Gasteiger partial charge in [0.15, 0.2) is 5.78 Å². The first-order valence-electron chi connectivity index (χ1n) is 5.95. The fraction of sp³-hybridized carbons (Fsp3) is 0.133. The first-order valence-corrected chi connectivity index (χ1v) is 7.91. The van der Waals surface area contributed by atoms with Gasteiger partial charge >= 0.3 is 0 Å². The smallest absolute Gasteiger partial charge is 0.194 e. The minimum Gasteiger partial charge on any atom is -0.493 e. The SMILES string of the molecule is CCOc1ccc(C(=O)c2cc(Cl)ccc2Br)cc1Br. The van der Waals surface area contributed by atoms with Crippen LogP contribution in [0, 0.1) is 0 Å². The normalized spacial score (nSPS) is 10.4. The van der Waals surface area contributed by atoms with Gasteiger partial charge in [0.05, 0.1) is 11.1 Å². The van der Waals surface area contributed by atoms with Gasteiger partial charge in [0.2, 0.25) is 0 Å². The van der Waals surface area contributed by atoms with E-state index in [4.69, 9.17) is 16.3 Å². The second kappa shape index (κ2) is 6.74. The second-order valence-corrected chi connectivity index (χ2v) is 6.18. The summed E-state index contributed by atoms with van der Waals surface area (Å²) in [5.41, 5.74) is 1.11. The van der Waals surface area contributed by atoms with E-state index in [0.29, 0.717) is 28.5 Å². The lowest BCUT2D eigenvalue weighted by molar-refractivity contribution is 0.103. The van der Waals surface area contributed by atoms with E-state index in [1.807, 2.05) is 6.92 Å². The summed E-state index contributed by atoms with van der Waals surface area (Å²) < 4.78 is 6.90. The van der Waals surface area contributed by atoms with Gasteiger partial charge in [0.1, 0.15) is 5.75 Å². The zero-order chi connectivity index (χ0) is 14.7. The molecular weight excluding hydrogens is 407 g/mol. The third-order valence-corrected chi connectivity index (χ3v) is 4.21. The maximum absolute atomic E-state index is 12.5. The molecule has 0 bridgehead atoms. The number of carbonyl (C=O) groups excluding carboxylic acids is 1. The zero-order valence-corrected chi connectivity index (χ0v) is 14.5. The Labute approximate surface area is 139 Å². The standard InChI is InChI=1S/C15H11Br2ClO2/c1-2-20-14-6-3-9(7-13(14)17)15(19)11-8-10(18)4-5-12(11)16/h3-8H,2H2,1H3. The van der Waals surface area contributed by atoms with E-state index in [9.17, 15) is 4.79 Å². The molecule has 0 unspecified atom stereocenters. The molecule has 5 heteroatoms. The number of hydrogen-bond donors (Lipinski definition) is 0. The quantitative estimate of drug-likeness (QED) is 0.614. The lowest BCUT2D eigenvalue weighted by atomic mass is 10.0. The van der Waals surface area contributed by atoms with Gasteiger partial charge in [-0.05, 0) is 59.3 Å². The lowest BCUT2D eigenvalue weighted by Crippen LogP contribution is -2.03. The molecule has 0 amide bonds. The summed E-state index contributed by atoms with van der Waals surface area (Å²) in [5, 5.41) is 0.529. The van der Waals surface area contributed by atoms with Gasteiger partial charge in [-0.25, -0.2) is 0 Å². The summed E-state index contributed by atoms with van der Waals surface area (Å²) in [6.07, 6.45) is 0.